The van der Waals surface area contributed by atoms with Gasteiger partial charge in [0.25, 0.3) is 0 Å². The predicted molar refractivity (Wildman–Crippen MR) is 73.4 cm³/mol. The summed E-state index contributed by atoms with van der Waals surface area (Å²) in [5, 5.41) is 0. The second-order valence-electron chi connectivity index (χ2n) is 4.16. The molecule has 0 spiro atoms. The lowest BCUT2D eigenvalue weighted by molar-refractivity contribution is 0.105. The van der Waals surface area contributed by atoms with Crippen LogP contribution in [0.25, 0.3) is 0 Å². The molecule has 0 atom stereocenters. The first-order valence-electron chi connectivity index (χ1n) is 5.89. The summed E-state index contributed by atoms with van der Waals surface area (Å²) in [6.07, 6.45) is 0.610. The van der Waals surface area contributed by atoms with Gasteiger partial charge >= 0.3 is 0 Å². The third kappa shape index (κ3) is 3.33. The maximum Gasteiger partial charge on any atom is 0.235 e. The van der Waals surface area contributed by atoms with Gasteiger partial charge in [-0.05, 0) is 18.4 Å². The molecule has 0 N–H and O–H groups in total. The number of hydrogen-bond donors (Lipinski definition) is 0. The molecule has 0 aliphatic rings. The van der Waals surface area contributed by atoms with Gasteiger partial charge in [0.1, 0.15) is 0 Å². The summed E-state index contributed by atoms with van der Waals surface area (Å²) in [7, 11) is 0. The van der Waals surface area contributed by atoms with Crippen LogP contribution in [-0.4, -0.2) is 5.78 Å². The third-order valence-electron chi connectivity index (χ3n) is 2.65. The number of carbonyl (C=O) groups excluding carboxylic acids is 1. The maximum atomic E-state index is 11.8. The highest BCUT2D eigenvalue weighted by Crippen LogP contribution is 2.03. The molecule has 18 heavy (non-hydrogen) atoms. The topological polar surface area (TPSA) is 17.1 Å². The number of aryl methyl sites for hydroxylation is 1. The molecule has 0 aliphatic heterocycles. The van der Waals surface area contributed by atoms with Crippen molar-refractivity contribution in [3.05, 3.63) is 71.3 Å². The summed E-state index contributed by atoms with van der Waals surface area (Å²) in [5.41, 5.74) is 2.92. The van der Waals surface area contributed by atoms with E-state index in [9.17, 15) is 4.79 Å². The molecule has 0 bridgehead atoms. The van der Waals surface area contributed by atoms with Crippen LogP contribution < -0.4 is 0 Å². The molecule has 2 aromatic rings. The first kappa shape index (κ1) is 12.1. The van der Waals surface area contributed by atoms with E-state index in [0.29, 0.717) is 12.0 Å². The fourth-order valence-electron chi connectivity index (χ4n) is 1.60. The molecule has 2 rings (SSSR count). The molecule has 0 saturated heterocycles. The minimum absolute atomic E-state index is 0.120. The Bertz CT molecular complexity index is 583. The number of hydrogen-bond acceptors (Lipinski definition) is 1. The van der Waals surface area contributed by atoms with E-state index >= 15 is 0 Å². The van der Waals surface area contributed by atoms with E-state index in [-0.39, 0.29) is 5.78 Å². The summed E-state index contributed by atoms with van der Waals surface area (Å²) in [5.74, 6) is 5.47. The maximum absolute atomic E-state index is 11.8. The molecular weight excluding hydrogens is 220 g/mol. The van der Waals surface area contributed by atoms with Crippen molar-refractivity contribution in [2.75, 3.05) is 0 Å². The second-order valence-corrected chi connectivity index (χ2v) is 4.16. The summed E-state index contributed by atoms with van der Waals surface area (Å²) in [6.45, 7) is 2.00. The van der Waals surface area contributed by atoms with Gasteiger partial charge in [-0.25, -0.2) is 0 Å². The highest BCUT2D eigenvalue weighted by Gasteiger charge is 2.00. The smallest absolute Gasteiger partial charge is 0.235 e. The van der Waals surface area contributed by atoms with Crippen molar-refractivity contribution in [1.82, 2.24) is 0 Å². The molecular formula is C17H14O. The quantitative estimate of drug-likeness (QED) is 0.442. The van der Waals surface area contributed by atoms with Gasteiger partial charge in [-0.1, -0.05) is 66.1 Å². The standard InChI is InChI=1S/C17H14O/c1-14-10-12-16(13-11-14)17(18)9-5-8-15-6-3-2-4-7-15/h2-4,6-7,10-13H,8H2,1H3. The molecule has 1 heteroatoms. The van der Waals surface area contributed by atoms with E-state index in [1.807, 2.05) is 61.5 Å². The number of ketones is 1. The Morgan fingerprint density at radius 1 is 1.00 bits per heavy atom. The molecule has 0 heterocycles. The Hall–Kier alpha value is -2.33. The van der Waals surface area contributed by atoms with Crippen LogP contribution in [0.3, 0.4) is 0 Å². The first-order valence-corrected chi connectivity index (χ1v) is 5.89. The molecule has 0 radical (unpaired) electrons. The van der Waals surface area contributed by atoms with Crippen LogP contribution in [0, 0.1) is 18.8 Å². The molecule has 0 unspecified atom stereocenters. The molecule has 2 aromatic carbocycles. The monoisotopic (exact) mass is 234 g/mol. The predicted octanol–water partition coefficient (Wildman–Crippen LogP) is 3.42. The van der Waals surface area contributed by atoms with Crippen LogP contribution in [0.1, 0.15) is 21.5 Å². The van der Waals surface area contributed by atoms with Crippen LogP contribution in [0.15, 0.2) is 54.6 Å². The Kier molecular flexibility index (Phi) is 3.94. The molecule has 0 saturated carbocycles. The van der Waals surface area contributed by atoms with Gasteiger partial charge in [0.15, 0.2) is 0 Å². The summed E-state index contributed by atoms with van der Waals surface area (Å²) >= 11 is 0. The van der Waals surface area contributed by atoms with Crippen LogP contribution in [0.4, 0.5) is 0 Å². The largest absolute Gasteiger partial charge is 0.279 e. The molecule has 1 nitrogen and oxygen atoms in total. The Balaban J connectivity index is 2.02. The lowest BCUT2D eigenvalue weighted by atomic mass is 10.1. The number of carbonyl (C=O) groups is 1. The lowest BCUT2D eigenvalue weighted by Crippen LogP contribution is -1.94. The van der Waals surface area contributed by atoms with E-state index in [2.05, 4.69) is 11.8 Å². The molecule has 88 valence electrons. The molecule has 0 aromatic heterocycles. The Morgan fingerprint density at radius 2 is 1.67 bits per heavy atom. The van der Waals surface area contributed by atoms with Gasteiger partial charge in [-0.3, -0.25) is 4.79 Å². The van der Waals surface area contributed by atoms with Crippen molar-refractivity contribution >= 4 is 5.78 Å². The zero-order chi connectivity index (χ0) is 12.8. The Morgan fingerprint density at radius 3 is 2.33 bits per heavy atom. The highest BCUT2D eigenvalue weighted by atomic mass is 16.1. The first-order chi connectivity index (χ1) is 8.75. The van der Waals surface area contributed by atoms with Crippen LogP contribution in [0.5, 0.6) is 0 Å². The number of rotatable bonds is 2. The minimum atomic E-state index is -0.120. The fourth-order valence-corrected chi connectivity index (χ4v) is 1.60. The zero-order valence-corrected chi connectivity index (χ0v) is 10.3. The summed E-state index contributed by atoms with van der Waals surface area (Å²) in [6, 6.07) is 17.4. The van der Waals surface area contributed by atoms with Gasteiger partial charge in [0, 0.05) is 12.0 Å². The fraction of sp³-hybridized carbons (Fsp3) is 0.118. The second kappa shape index (κ2) is 5.84. The number of benzene rings is 2. The van der Waals surface area contributed by atoms with Crippen molar-refractivity contribution in [3.8, 4) is 11.8 Å². The average molecular weight is 234 g/mol. The molecule has 0 amide bonds. The molecule has 0 fully saturated rings. The van der Waals surface area contributed by atoms with Crippen molar-refractivity contribution in [3.63, 3.8) is 0 Å². The van der Waals surface area contributed by atoms with Gasteiger partial charge in [0.05, 0.1) is 0 Å². The van der Waals surface area contributed by atoms with Crippen molar-refractivity contribution < 1.29 is 4.79 Å². The van der Waals surface area contributed by atoms with Crippen LogP contribution in [0.2, 0.25) is 0 Å². The van der Waals surface area contributed by atoms with Gasteiger partial charge in [-0.15, -0.1) is 0 Å². The summed E-state index contributed by atoms with van der Waals surface area (Å²) in [4.78, 5) is 11.8. The van der Waals surface area contributed by atoms with Gasteiger partial charge in [0.2, 0.25) is 5.78 Å². The molecule has 0 aliphatic carbocycles. The van der Waals surface area contributed by atoms with Gasteiger partial charge in [-0.2, -0.15) is 0 Å². The van der Waals surface area contributed by atoms with E-state index in [4.69, 9.17) is 0 Å². The van der Waals surface area contributed by atoms with Crippen LogP contribution >= 0.6 is 0 Å². The zero-order valence-electron chi connectivity index (χ0n) is 10.3. The average Bonchev–Trinajstić information content (AvgIpc) is 2.40. The van der Waals surface area contributed by atoms with Gasteiger partial charge < -0.3 is 0 Å². The SMILES string of the molecule is Cc1ccc(C(=O)C#CCc2ccccc2)cc1. The van der Waals surface area contributed by atoms with E-state index in [0.717, 1.165) is 11.1 Å². The van der Waals surface area contributed by atoms with Crippen molar-refractivity contribution in [2.24, 2.45) is 0 Å². The van der Waals surface area contributed by atoms with Crippen LogP contribution in [-0.2, 0) is 6.42 Å². The highest BCUT2D eigenvalue weighted by molar-refractivity contribution is 6.09. The van der Waals surface area contributed by atoms with Crippen molar-refractivity contribution in [1.29, 1.82) is 0 Å². The van der Waals surface area contributed by atoms with E-state index < -0.39 is 0 Å². The minimum Gasteiger partial charge on any atom is -0.279 e. The van der Waals surface area contributed by atoms with Crippen molar-refractivity contribution in [2.45, 2.75) is 13.3 Å². The Labute approximate surface area is 107 Å². The third-order valence-corrected chi connectivity index (χ3v) is 2.65. The van der Waals surface area contributed by atoms with E-state index in [1.54, 1.807) is 0 Å². The normalized spacial score (nSPS) is 9.39. The number of Topliss-reactive ketones (excluding diaryl/α,β-unsaturated/α-hetero) is 1. The summed E-state index contributed by atoms with van der Waals surface area (Å²) < 4.78 is 0. The lowest BCUT2D eigenvalue weighted by Gasteiger charge is -1.95. The van der Waals surface area contributed by atoms with E-state index in [1.165, 1.54) is 0 Å².